The summed E-state index contributed by atoms with van der Waals surface area (Å²) in [5, 5.41) is 0. The quantitative estimate of drug-likeness (QED) is 0.214. The lowest BCUT2D eigenvalue weighted by molar-refractivity contribution is -0.143. The number of aryl methyl sites for hydroxylation is 1. The average molecular weight is 759 g/mol. The van der Waals surface area contributed by atoms with Gasteiger partial charge in [0.25, 0.3) is 11.1 Å². The number of nitrogens with zero attached hydrogens (tertiary/aromatic N) is 6. The Kier molecular flexibility index (Phi) is 15.6. The van der Waals surface area contributed by atoms with Gasteiger partial charge < -0.3 is 48.5 Å². The molecule has 0 bridgehead atoms. The van der Waals surface area contributed by atoms with E-state index in [-0.39, 0.29) is 48.1 Å². The first-order chi connectivity index (χ1) is 25.4. The Hall–Kier alpha value is -5.42. The van der Waals surface area contributed by atoms with Crippen molar-refractivity contribution in [2.24, 2.45) is 0 Å². The van der Waals surface area contributed by atoms with Crippen LogP contribution in [0.5, 0.6) is 0 Å². The second-order valence-corrected chi connectivity index (χ2v) is 14.3. The van der Waals surface area contributed by atoms with E-state index in [9.17, 15) is 28.8 Å². The van der Waals surface area contributed by atoms with Crippen molar-refractivity contribution < 1.29 is 38.1 Å². The first-order valence-corrected chi connectivity index (χ1v) is 18.0. The topological polar surface area (TPSA) is 210 Å². The maximum Gasteiger partial charge on any atom is 0.410 e. The number of piperazine rings is 2. The molecule has 2 N–H and O–H groups in total. The Labute approximate surface area is 314 Å². The van der Waals surface area contributed by atoms with Crippen LogP contribution < -0.4 is 20.9 Å². The molecule has 0 aromatic carbocycles. The van der Waals surface area contributed by atoms with Crippen molar-refractivity contribution in [3.05, 3.63) is 50.6 Å². The zero-order valence-corrected chi connectivity index (χ0v) is 32.6. The van der Waals surface area contributed by atoms with Gasteiger partial charge in [-0.1, -0.05) is 0 Å². The Morgan fingerprint density at radius 3 is 1.63 bits per heavy atom. The number of nitrogens with one attached hydrogen (secondary N) is 2. The molecule has 4 heterocycles. The highest BCUT2D eigenvalue weighted by molar-refractivity contribution is 5.86. The van der Waals surface area contributed by atoms with Gasteiger partial charge in [-0.3, -0.25) is 14.4 Å². The van der Waals surface area contributed by atoms with Gasteiger partial charge in [0.2, 0.25) is 0 Å². The molecule has 2 aliphatic heterocycles. The van der Waals surface area contributed by atoms with Crippen molar-refractivity contribution in [3.8, 4) is 0 Å². The van der Waals surface area contributed by atoms with E-state index in [2.05, 4.69) is 19.9 Å². The molecule has 2 aromatic heterocycles. The number of esters is 2. The van der Waals surface area contributed by atoms with E-state index in [1.165, 1.54) is 24.5 Å². The van der Waals surface area contributed by atoms with Crippen LogP contribution in [-0.2, 0) is 35.0 Å². The molecule has 4 rings (SSSR count). The number of anilines is 2. The summed E-state index contributed by atoms with van der Waals surface area (Å²) in [5.74, 6) is -0.207. The monoisotopic (exact) mass is 758 g/mol. The van der Waals surface area contributed by atoms with Crippen molar-refractivity contribution >= 4 is 41.8 Å². The molecule has 0 radical (unpaired) electrons. The summed E-state index contributed by atoms with van der Waals surface area (Å²) in [5.41, 5.74) is -0.652. The minimum Gasteiger partial charge on any atom is -0.466 e. The van der Waals surface area contributed by atoms with Crippen LogP contribution >= 0.6 is 0 Å². The standard InChI is InChI=1S/C18H28N4O5.C18H26N4O5/c2*1-5-26-14(23)7-6-13-12-19-16(24)15(20-13)21-8-10-22(11-9-21)17(25)27-18(2,3)4/h12H,5-11H2,1-4H3,(H,19,24);6-7,12H,5,8-11H2,1-4H3,(H,19,24)/b;7-6+. The third-order valence-electron chi connectivity index (χ3n) is 7.64. The Balaban J connectivity index is 0.000000290. The average Bonchev–Trinajstić information content (AvgIpc) is 3.10. The normalized spacial score (nSPS) is 15.0. The number of amides is 2. The van der Waals surface area contributed by atoms with E-state index in [0.717, 1.165) is 0 Å². The number of ether oxygens (including phenoxy) is 4. The van der Waals surface area contributed by atoms with Gasteiger partial charge in [0.05, 0.1) is 31.0 Å². The summed E-state index contributed by atoms with van der Waals surface area (Å²) in [6.45, 7) is 18.7. The summed E-state index contributed by atoms with van der Waals surface area (Å²) in [7, 11) is 0. The number of carbonyl (C=O) groups excluding carboxylic acids is 4. The minimum absolute atomic E-state index is 0.207. The molecule has 0 atom stereocenters. The maximum atomic E-state index is 12.2. The van der Waals surface area contributed by atoms with Crippen molar-refractivity contribution in [3.63, 3.8) is 0 Å². The van der Waals surface area contributed by atoms with Crippen LogP contribution in [0.1, 0.15) is 73.2 Å². The van der Waals surface area contributed by atoms with E-state index in [1.807, 2.05) is 46.4 Å². The maximum absolute atomic E-state index is 12.2. The van der Waals surface area contributed by atoms with Gasteiger partial charge in [0.1, 0.15) is 11.2 Å². The second kappa shape index (κ2) is 19.6. The predicted molar refractivity (Wildman–Crippen MR) is 200 cm³/mol. The van der Waals surface area contributed by atoms with Crippen molar-refractivity contribution in [1.29, 1.82) is 0 Å². The number of carbonyl (C=O) groups is 4. The summed E-state index contributed by atoms with van der Waals surface area (Å²) in [6.07, 6.45) is 5.56. The molecule has 18 nitrogen and oxygen atoms in total. The molecule has 54 heavy (non-hydrogen) atoms. The van der Waals surface area contributed by atoms with Gasteiger partial charge in [-0.2, -0.15) is 0 Å². The first-order valence-electron chi connectivity index (χ1n) is 18.0. The highest BCUT2D eigenvalue weighted by Gasteiger charge is 2.29. The second-order valence-electron chi connectivity index (χ2n) is 14.3. The van der Waals surface area contributed by atoms with E-state index < -0.39 is 17.2 Å². The molecular weight excluding hydrogens is 704 g/mol. The molecule has 0 aliphatic carbocycles. The Bertz CT molecular complexity index is 1730. The smallest absolute Gasteiger partial charge is 0.410 e. The summed E-state index contributed by atoms with van der Waals surface area (Å²) in [4.78, 5) is 92.3. The lowest BCUT2D eigenvalue weighted by atomic mass is 10.2. The molecule has 2 aromatic rings. The third kappa shape index (κ3) is 14.2. The zero-order valence-electron chi connectivity index (χ0n) is 32.6. The molecule has 0 spiro atoms. The molecule has 0 saturated carbocycles. The third-order valence-corrected chi connectivity index (χ3v) is 7.64. The number of aromatic amines is 2. The van der Waals surface area contributed by atoms with E-state index in [1.54, 1.807) is 28.5 Å². The summed E-state index contributed by atoms with van der Waals surface area (Å²) >= 11 is 0. The van der Waals surface area contributed by atoms with Gasteiger partial charge in [0.15, 0.2) is 11.6 Å². The van der Waals surface area contributed by atoms with Crippen LogP contribution in [-0.4, -0.2) is 131 Å². The predicted octanol–water partition coefficient (Wildman–Crippen LogP) is 2.73. The Morgan fingerprint density at radius 1 is 0.704 bits per heavy atom. The molecule has 18 heteroatoms. The van der Waals surface area contributed by atoms with Crippen LogP contribution in [0, 0.1) is 0 Å². The number of hydrogen-bond donors (Lipinski definition) is 2. The lowest BCUT2D eigenvalue weighted by Gasteiger charge is -2.35. The van der Waals surface area contributed by atoms with Crippen LogP contribution in [0.25, 0.3) is 6.08 Å². The SMILES string of the molecule is CCOC(=O)/C=C/c1c[nH]c(=O)c(N2CCN(C(=O)OC(C)(C)C)CC2)n1.CCOC(=O)CCc1c[nH]c(=O)c(N2CCN(C(=O)OC(C)(C)C)CC2)n1. The van der Waals surface area contributed by atoms with Crippen LogP contribution in [0.15, 0.2) is 28.1 Å². The van der Waals surface area contributed by atoms with Crippen LogP contribution in [0.3, 0.4) is 0 Å². The highest BCUT2D eigenvalue weighted by atomic mass is 16.6. The fraction of sp³-hybridized carbons (Fsp3) is 0.611. The zero-order chi connectivity index (χ0) is 40.1. The van der Waals surface area contributed by atoms with Crippen molar-refractivity contribution in [2.75, 3.05) is 75.4 Å². The van der Waals surface area contributed by atoms with Gasteiger partial charge in [-0.25, -0.2) is 24.4 Å². The molecule has 2 aliphatic rings. The first kappa shape index (κ1) is 43.0. The van der Waals surface area contributed by atoms with Crippen LogP contribution in [0.4, 0.5) is 21.2 Å². The Morgan fingerprint density at radius 2 is 1.17 bits per heavy atom. The summed E-state index contributed by atoms with van der Waals surface area (Å²) in [6, 6.07) is 0. The van der Waals surface area contributed by atoms with E-state index >= 15 is 0 Å². The molecule has 298 valence electrons. The fourth-order valence-electron chi connectivity index (χ4n) is 5.15. The van der Waals surface area contributed by atoms with Gasteiger partial charge in [0, 0.05) is 77.2 Å². The van der Waals surface area contributed by atoms with Gasteiger partial charge >= 0.3 is 24.1 Å². The molecule has 2 fully saturated rings. The van der Waals surface area contributed by atoms with E-state index in [0.29, 0.717) is 82.6 Å². The van der Waals surface area contributed by atoms with Crippen molar-refractivity contribution in [2.45, 2.75) is 79.4 Å². The van der Waals surface area contributed by atoms with Gasteiger partial charge in [-0.15, -0.1) is 0 Å². The number of aromatic nitrogens is 4. The number of H-pyrrole nitrogens is 2. The number of rotatable bonds is 9. The van der Waals surface area contributed by atoms with Crippen LogP contribution in [0.2, 0.25) is 0 Å². The fourth-order valence-corrected chi connectivity index (χ4v) is 5.15. The molecular formula is C36H54N8O10. The van der Waals surface area contributed by atoms with E-state index in [4.69, 9.17) is 18.9 Å². The summed E-state index contributed by atoms with van der Waals surface area (Å²) < 4.78 is 20.5. The largest absolute Gasteiger partial charge is 0.466 e. The lowest BCUT2D eigenvalue weighted by Crippen LogP contribution is -2.51. The molecule has 2 saturated heterocycles. The highest BCUT2D eigenvalue weighted by Crippen LogP contribution is 2.16. The van der Waals surface area contributed by atoms with Gasteiger partial charge in [-0.05, 0) is 61.5 Å². The molecule has 2 amide bonds. The molecule has 0 unspecified atom stereocenters. The minimum atomic E-state index is -0.549. The number of hydrogen-bond acceptors (Lipinski definition) is 14. The van der Waals surface area contributed by atoms with Crippen molar-refractivity contribution in [1.82, 2.24) is 29.7 Å².